The van der Waals surface area contributed by atoms with E-state index in [0.29, 0.717) is 35.8 Å². The Balaban J connectivity index is 1.77. The first kappa shape index (κ1) is 20.2. The zero-order valence-corrected chi connectivity index (χ0v) is 17.9. The van der Waals surface area contributed by atoms with Crippen LogP contribution in [-0.2, 0) is 16.6 Å². The second-order valence-electron chi connectivity index (χ2n) is 8.15. The zero-order valence-electron chi connectivity index (χ0n) is 17.1. The molecule has 1 amide bonds. The molecule has 0 bridgehead atoms. The van der Waals surface area contributed by atoms with Crippen LogP contribution in [0.15, 0.2) is 27.7 Å². The predicted molar refractivity (Wildman–Crippen MR) is 109 cm³/mol. The second-order valence-corrected chi connectivity index (χ2v) is 9.97. The maximum Gasteiger partial charge on any atom is 0.257 e. The second kappa shape index (κ2) is 7.99. The number of likely N-dealkylation sites (tertiary alicyclic amines) is 1. The highest BCUT2D eigenvalue weighted by atomic mass is 32.2. The molecule has 0 atom stereocenters. The number of carbonyl (C=O) groups is 1. The van der Waals surface area contributed by atoms with Gasteiger partial charge in [0.15, 0.2) is 0 Å². The summed E-state index contributed by atoms with van der Waals surface area (Å²) in [4.78, 5) is 18.2. The van der Waals surface area contributed by atoms with Crippen LogP contribution in [0.3, 0.4) is 0 Å². The van der Waals surface area contributed by atoms with Crippen molar-refractivity contribution in [2.75, 3.05) is 13.1 Å². The van der Waals surface area contributed by atoms with Crippen LogP contribution in [0.4, 0.5) is 0 Å². The van der Waals surface area contributed by atoms with E-state index in [2.05, 4.69) is 4.98 Å². The molecule has 1 saturated carbocycles. The van der Waals surface area contributed by atoms with Gasteiger partial charge in [0.1, 0.15) is 10.7 Å². The molecule has 8 heteroatoms. The number of aryl methyl sites for hydroxylation is 2. The van der Waals surface area contributed by atoms with Gasteiger partial charge in [-0.25, -0.2) is 8.42 Å². The fourth-order valence-corrected chi connectivity index (χ4v) is 6.76. The molecule has 1 N–H and O–H groups in total. The van der Waals surface area contributed by atoms with Crippen molar-refractivity contribution in [2.45, 2.75) is 69.9 Å². The Bertz CT molecular complexity index is 966. The molecule has 0 aromatic carbocycles. The van der Waals surface area contributed by atoms with Gasteiger partial charge >= 0.3 is 0 Å². The van der Waals surface area contributed by atoms with Crippen molar-refractivity contribution in [1.82, 2.24) is 14.2 Å². The molecular weight excluding hydrogens is 390 g/mol. The van der Waals surface area contributed by atoms with Crippen molar-refractivity contribution in [3.63, 3.8) is 0 Å². The van der Waals surface area contributed by atoms with E-state index in [1.54, 1.807) is 41.4 Å². The first-order chi connectivity index (χ1) is 13.9. The van der Waals surface area contributed by atoms with Crippen molar-refractivity contribution in [1.29, 1.82) is 0 Å². The number of sulfonamides is 1. The number of nitrogens with zero attached hydrogens (tertiary/aromatic N) is 2. The van der Waals surface area contributed by atoms with Crippen molar-refractivity contribution in [3.05, 3.63) is 41.1 Å². The lowest BCUT2D eigenvalue weighted by Gasteiger charge is -2.28. The van der Waals surface area contributed by atoms with Crippen LogP contribution in [0.1, 0.15) is 66.0 Å². The van der Waals surface area contributed by atoms with Crippen LogP contribution in [0, 0.1) is 13.8 Å². The minimum Gasteiger partial charge on any atom is -0.468 e. The van der Waals surface area contributed by atoms with Crippen molar-refractivity contribution in [3.8, 4) is 0 Å². The van der Waals surface area contributed by atoms with E-state index < -0.39 is 10.0 Å². The number of nitrogens with one attached hydrogen (secondary N) is 1. The average Bonchev–Trinajstić information content (AvgIpc) is 3.45. The van der Waals surface area contributed by atoms with E-state index >= 15 is 0 Å². The van der Waals surface area contributed by atoms with Gasteiger partial charge < -0.3 is 14.3 Å². The third-order valence-corrected chi connectivity index (χ3v) is 8.19. The van der Waals surface area contributed by atoms with E-state index in [-0.39, 0.29) is 23.4 Å². The van der Waals surface area contributed by atoms with Gasteiger partial charge in [-0.05, 0) is 51.7 Å². The highest BCUT2D eigenvalue weighted by Crippen LogP contribution is 2.34. The first-order valence-electron chi connectivity index (χ1n) is 10.4. The molecule has 2 fully saturated rings. The molecular formula is C21H29N3O4S. The Morgan fingerprint density at radius 3 is 2.48 bits per heavy atom. The molecule has 0 radical (unpaired) electrons. The molecule has 1 aliphatic carbocycles. The molecule has 1 saturated heterocycles. The molecule has 7 nitrogen and oxygen atoms in total. The summed E-state index contributed by atoms with van der Waals surface area (Å²) in [6.45, 7) is 5.06. The fraction of sp³-hybridized carbons (Fsp3) is 0.571. The number of carbonyl (C=O) groups excluding carboxylic acids is 1. The third-order valence-electron chi connectivity index (χ3n) is 6.12. The first-order valence-corrected chi connectivity index (χ1v) is 11.9. The van der Waals surface area contributed by atoms with E-state index in [1.807, 2.05) is 0 Å². The van der Waals surface area contributed by atoms with E-state index in [4.69, 9.17) is 4.42 Å². The molecule has 2 aliphatic rings. The summed E-state index contributed by atoms with van der Waals surface area (Å²) < 4.78 is 34.8. The van der Waals surface area contributed by atoms with Crippen LogP contribution in [0.5, 0.6) is 0 Å². The predicted octanol–water partition coefficient (Wildman–Crippen LogP) is 3.59. The minimum atomic E-state index is -3.88. The SMILES string of the molecule is Cc1[nH]c(C)c(S(=O)(=O)N(Cc2ccco2)C2CCCC2)c1C(=O)N1CCCC1. The Labute approximate surface area is 172 Å². The van der Waals surface area contributed by atoms with Crippen LogP contribution in [0.2, 0.25) is 0 Å². The quantitative estimate of drug-likeness (QED) is 0.775. The van der Waals surface area contributed by atoms with Gasteiger partial charge in [-0.2, -0.15) is 4.31 Å². The van der Waals surface area contributed by atoms with Gasteiger partial charge in [0.05, 0.1) is 18.4 Å². The number of furan rings is 1. The number of rotatable bonds is 6. The molecule has 0 spiro atoms. The minimum absolute atomic E-state index is 0.0746. The molecule has 2 aromatic heterocycles. The fourth-order valence-electron chi connectivity index (χ4n) is 4.69. The molecule has 1 aliphatic heterocycles. The molecule has 29 heavy (non-hydrogen) atoms. The average molecular weight is 420 g/mol. The van der Waals surface area contributed by atoms with Gasteiger partial charge in [-0.15, -0.1) is 0 Å². The summed E-state index contributed by atoms with van der Waals surface area (Å²) in [6, 6.07) is 3.49. The smallest absolute Gasteiger partial charge is 0.257 e. The number of aromatic nitrogens is 1. The number of H-pyrrole nitrogens is 1. The van der Waals surface area contributed by atoms with Gasteiger partial charge in [-0.1, -0.05) is 12.8 Å². The Morgan fingerprint density at radius 2 is 1.86 bits per heavy atom. The number of amides is 1. The van der Waals surface area contributed by atoms with Gasteiger partial charge in [-0.3, -0.25) is 4.79 Å². The maximum atomic E-state index is 13.9. The largest absolute Gasteiger partial charge is 0.468 e. The van der Waals surface area contributed by atoms with E-state index in [9.17, 15) is 13.2 Å². The summed E-state index contributed by atoms with van der Waals surface area (Å²) in [6.07, 6.45) is 7.17. The molecule has 0 unspecified atom stereocenters. The summed E-state index contributed by atoms with van der Waals surface area (Å²) >= 11 is 0. The van der Waals surface area contributed by atoms with Crippen LogP contribution >= 0.6 is 0 Å². The lowest BCUT2D eigenvalue weighted by atomic mass is 10.2. The molecule has 2 aromatic rings. The van der Waals surface area contributed by atoms with Gasteiger partial charge in [0, 0.05) is 30.5 Å². The van der Waals surface area contributed by atoms with Crippen molar-refractivity contribution < 1.29 is 17.6 Å². The lowest BCUT2D eigenvalue weighted by Crippen LogP contribution is -2.39. The summed E-state index contributed by atoms with van der Waals surface area (Å²) in [5, 5.41) is 0. The van der Waals surface area contributed by atoms with Crippen LogP contribution < -0.4 is 0 Å². The van der Waals surface area contributed by atoms with E-state index in [1.165, 1.54) is 0 Å². The third kappa shape index (κ3) is 3.75. The van der Waals surface area contributed by atoms with Gasteiger partial charge in [0.25, 0.3) is 5.91 Å². The van der Waals surface area contributed by atoms with Crippen molar-refractivity contribution in [2.24, 2.45) is 0 Å². The topological polar surface area (TPSA) is 86.6 Å². The van der Waals surface area contributed by atoms with Crippen LogP contribution in [0.25, 0.3) is 0 Å². The highest BCUT2D eigenvalue weighted by Gasteiger charge is 2.39. The zero-order chi connectivity index (χ0) is 20.6. The number of aromatic amines is 1. The normalized spacial score (nSPS) is 18.2. The number of hydrogen-bond donors (Lipinski definition) is 1. The molecule has 3 heterocycles. The summed E-state index contributed by atoms with van der Waals surface area (Å²) in [7, 11) is -3.88. The summed E-state index contributed by atoms with van der Waals surface area (Å²) in [5.41, 5.74) is 1.43. The Hall–Kier alpha value is -2.06. The monoisotopic (exact) mass is 419 g/mol. The maximum absolute atomic E-state index is 13.9. The lowest BCUT2D eigenvalue weighted by molar-refractivity contribution is 0.0788. The molecule has 158 valence electrons. The van der Waals surface area contributed by atoms with E-state index in [0.717, 1.165) is 38.5 Å². The Morgan fingerprint density at radius 1 is 1.17 bits per heavy atom. The number of hydrogen-bond acceptors (Lipinski definition) is 4. The summed E-state index contributed by atoms with van der Waals surface area (Å²) in [5.74, 6) is 0.421. The highest BCUT2D eigenvalue weighted by molar-refractivity contribution is 7.89. The molecule has 4 rings (SSSR count). The van der Waals surface area contributed by atoms with Crippen LogP contribution in [-0.4, -0.2) is 47.6 Å². The standard InChI is InChI=1S/C21H29N3O4S/c1-15-19(21(25)23-11-5-6-12-23)20(16(2)22-15)29(26,27)24(17-8-3-4-9-17)14-18-10-7-13-28-18/h7,10,13,17,22H,3-6,8-9,11-12,14H2,1-2H3. The Kier molecular flexibility index (Phi) is 5.57. The van der Waals surface area contributed by atoms with Gasteiger partial charge in [0.2, 0.25) is 10.0 Å². The van der Waals surface area contributed by atoms with Crippen molar-refractivity contribution >= 4 is 15.9 Å².